The highest BCUT2D eigenvalue weighted by Gasteiger charge is 2.45. The number of hydrogen-bond donors (Lipinski definition) is 1. The van der Waals surface area contributed by atoms with Gasteiger partial charge in [0.25, 0.3) is 0 Å². The molecule has 3 rings (SSSR count). The highest BCUT2D eigenvalue weighted by atomic mass is 19.1. The molecule has 1 N–H and O–H groups in total. The molecule has 0 atom stereocenters. The van der Waals surface area contributed by atoms with Crippen molar-refractivity contribution in [3.63, 3.8) is 0 Å². The van der Waals surface area contributed by atoms with E-state index in [1.165, 1.54) is 12.1 Å². The SMILES string of the molecule is O=C(Cc1ccccc1)NC1(c2ccc(F)cc2)CC1. The third kappa shape index (κ3) is 2.72. The van der Waals surface area contributed by atoms with Gasteiger partial charge in [-0.15, -0.1) is 0 Å². The zero-order valence-corrected chi connectivity index (χ0v) is 11.1. The van der Waals surface area contributed by atoms with E-state index in [0.717, 1.165) is 24.0 Å². The first-order chi connectivity index (χ1) is 9.68. The zero-order valence-electron chi connectivity index (χ0n) is 11.1. The van der Waals surface area contributed by atoms with Crippen molar-refractivity contribution in [3.05, 3.63) is 71.5 Å². The largest absolute Gasteiger partial charge is 0.346 e. The highest BCUT2D eigenvalue weighted by molar-refractivity contribution is 5.80. The molecule has 0 radical (unpaired) electrons. The summed E-state index contributed by atoms with van der Waals surface area (Å²) < 4.78 is 13.0. The van der Waals surface area contributed by atoms with E-state index in [1.807, 2.05) is 30.3 Å². The molecular weight excluding hydrogens is 253 g/mol. The summed E-state index contributed by atoms with van der Waals surface area (Å²) in [5, 5.41) is 3.09. The van der Waals surface area contributed by atoms with Crippen molar-refractivity contribution < 1.29 is 9.18 Å². The van der Waals surface area contributed by atoms with E-state index in [-0.39, 0.29) is 17.3 Å². The van der Waals surface area contributed by atoms with Gasteiger partial charge in [0.2, 0.25) is 5.91 Å². The van der Waals surface area contributed by atoms with Crippen molar-refractivity contribution in [1.82, 2.24) is 5.32 Å². The predicted octanol–water partition coefficient (Wildman–Crippen LogP) is 3.17. The van der Waals surface area contributed by atoms with Crippen LogP contribution >= 0.6 is 0 Å². The summed E-state index contributed by atoms with van der Waals surface area (Å²) in [5.74, 6) is -0.238. The van der Waals surface area contributed by atoms with E-state index in [0.29, 0.717) is 6.42 Å². The van der Waals surface area contributed by atoms with E-state index >= 15 is 0 Å². The average Bonchev–Trinajstić information content (AvgIpc) is 3.21. The maximum absolute atomic E-state index is 13.0. The van der Waals surface area contributed by atoms with Crippen molar-refractivity contribution in [2.45, 2.75) is 24.8 Å². The molecule has 0 saturated heterocycles. The first-order valence-electron chi connectivity index (χ1n) is 6.79. The van der Waals surface area contributed by atoms with E-state index in [9.17, 15) is 9.18 Å². The Kier molecular flexibility index (Phi) is 3.26. The highest BCUT2D eigenvalue weighted by Crippen LogP contribution is 2.45. The van der Waals surface area contributed by atoms with Crippen molar-refractivity contribution in [2.24, 2.45) is 0 Å². The van der Waals surface area contributed by atoms with Crippen LogP contribution in [0.3, 0.4) is 0 Å². The number of benzene rings is 2. The number of hydrogen-bond acceptors (Lipinski definition) is 1. The number of amides is 1. The Morgan fingerprint density at radius 3 is 2.30 bits per heavy atom. The third-order valence-corrected chi connectivity index (χ3v) is 3.73. The number of halogens is 1. The van der Waals surface area contributed by atoms with Gasteiger partial charge in [0.15, 0.2) is 0 Å². The molecule has 2 nitrogen and oxygen atoms in total. The first-order valence-corrected chi connectivity index (χ1v) is 6.79. The van der Waals surface area contributed by atoms with Gasteiger partial charge in [-0.2, -0.15) is 0 Å². The van der Waals surface area contributed by atoms with Crippen molar-refractivity contribution in [3.8, 4) is 0 Å². The Bertz CT molecular complexity index is 603. The van der Waals surface area contributed by atoms with Crippen molar-refractivity contribution in [1.29, 1.82) is 0 Å². The smallest absolute Gasteiger partial charge is 0.225 e. The van der Waals surface area contributed by atoms with Gasteiger partial charge in [0, 0.05) is 0 Å². The van der Waals surface area contributed by atoms with Crippen LogP contribution in [0.4, 0.5) is 4.39 Å². The van der Waals surface area contributed by atoms with Crippen LogP contribution in [0, 0.1) is 5.82 Å². The minimum Gasteiger partial charge on any atom is -0.346 e. The molecule has 0 aliphatic heterocycles. The van der Waals surface area contributed by atoms with Crippen LogP contribution in [0.1, 0.15) is 24.0 Å². The fourth-order valence-corrected chi connectivity index (χ4v) is 2.47. The summed E-state index contributed by atoms with van der Waals surface area (Å²) in [6.07, 6.45) is 2.21. The van der Waals surface area contributed by atoms with Crippen LogP contribution in [0.15, 0.2) is 54.6 Å². The topological polar surface area (TPSA) is 29.1 Å². The Balaban J connectivity index is 1.68. The molecule has 2 aromatic rings. The fraction of sp³-hybridized carbons (Fsp3) is 0.235. The number of carbonyl (C=O) groups excluding carboxylic acids is 1. The summed E-state index contributed by atoms with van der Waals surface area (Å²) in [7, 11) is 0. The van der Waals surface area contributed by atoms with E-state index in [1.54, 1.807) is 12.1 Å². The molecule has 0 unspecified atom stereocenters. The van der Waals surface area contributed by atoms with Crippen LogP contribution < -0.4 is 5.32 Å². The molecule has 0 bridgehead atoms. The lowest BCUT2D eigenvalue weighted by Crippen LogP contribution is -2.35. The normalized spacial score (nSPS) is 15.7. The van der Waals surface area contributed by atoms with Gasteiger partial charge in [0.05, 0.1) is 12.0 Å². The molecule has 3 heteroatoms. The molecule has 1 amide bonds. The number of carbonyl (C=O) groups is 1. The van der Waals surface area contributed by atoms with Crippen molar-refractivity contribution in [2.75, 3.05) is 0 Å². The minimum atomic E-state index is -0.278. The van der Waals surface area contributed by atoms with Crippen LogP contribution in [0.2, 0.25) is 0 Å². The lowest BCUT2D eigenvalue weighted by atomic mass is 10.0. The zero-order chi connectivity index (χ0) is 14.0. The fourth-order valence-electron chi connectivity index (χ4n) is 2.47. The first kappa shape index (κ1) is 12.9. The van der Waals surface area contributed by atoms with Gasteiger partial charge in [-0.1, -0.05) is 42.5 Å². The molecule has 2 aromatic carbocycles. The maximum atomic E-state index is 13.0. The molecule has 1 aliphatic carbocycles. The summed E-state index contributed by atoms with van der Waals surface area (Å²) >= 11 is 0. The summed E-state index contributed by atoms with van der Waals surface area (Å²) in [5.41, 5.74) is 1.71. The standard InChI is InChI=1S/C17H16FNO/c18-15-8-6-14(7-9-15)17(10-11-17)19-16(20)12-13-4-2-1-3-5-13/h1-9H,10-12H2,(H,19,20). The monoisotopic (exact) mass is 269 g/mol. The Morgan fingerprint density at radius 1 is 1.05 bits per heavy atom. The van der Waals surface area contributed by atoms with E-state index in [4.69, 9.17) is 0 Å². The molecule has 1 saturated carbocycles. The predicted molar refractivity (Wildman–Crippen MR) is 75.6 cm³/mol. The maximum Gasteiger partial charge on any atom is 0.225 e. The lowest BCUT2D eigenvalue weighted by molar-refractivity contribution is -0.121. The van der Waals surface area contributed by atoms with Gasteiger partial charge in [-0.3, -0.25) is 4.79 Å². The quantitative estimate of drug-likeness (QED) is 0.907. The van der Waals surface area contributed by atoms with Crippen LogP contribution in [0.25, 0.3) is 0 Å². The van der Waals surface area contributed by atoms with Gasteiger partial charge >= 0.3 is 0 Å². The molecule has 1 fully saturated rings. The lowest BCUT2D eigenvalue weighted by Gasteiger charge is -2.18. The third-order valence-electron chi connectivity index (χ3n) is 3.73. The molecule has 0 heterocycles. The molecule has 20 heavy (non-hydrogen) atoms. The second kappa shape index (κ2) is 5.08. The Morgan fingerprint density at radius 2 is 1.70 bits per heavy atom. The molecule has 1 aliphatic rings. The summed E-state index contributed by atoms with van der Waals surface area (Å²) in [6.45, 7) is 0. The van der Waals surface area contributed by atoms with Crippen LogP contribution in [-0.4, -0.2) is 5.91 Å². The summed E-state index contributed by atoms with van der Waals surface area (Å²) in [6, 6.07) is 16.1. The van der Waals surface area contributed by atoms with Gasteiger partial charge in [-0.25, -0.2) is 4.39 Å². The Hall–Kier alpha value is -2.16. The van der Waals surface area contributed by atoms with Gasteiger partial charge in [-0.05, 0) is 36.1 Å². The Labute approximate surface area is 117 Å². The molecule has 0 spiro atoms. The van der Waals surface area contributed by atoms with Gasteiger partial charge in [0.1, 0.15) is 5.82 Å². The van der Waals surface area contributed by atoms with Crippen LogP contribution in [0.5, 0.6) is 0 Å². The van der Waals surface area contributed by atoms with E-state index in [2.05, 4.69) is 5.32 Å². The second-order valence-electron chi connectivity index (χ2n) is 5.30. The molecule has 102 valence electrons. The van der Waals surface area contributed by atoms with E-state index < -0.39 is 0 Å². The minimum absolute atomic E-state index is 0.0121. The van der Waals surface area contributed by atoms with Crippen molar-refractivity contribution >= 4 is 5.91 Å². The molecule has 0 aromatic heterocycles. The average molecular weight is 269 g/mol. The second-order valence-corrected chi connectivity index (χ2v) is 5.30. The summed E-state index contributed by atoms with van der Waals surface area (Å²) in [4.78, 5) is 12.1. The molecular formula is C17H16FNO. The van der Waals surface area contributed by atoms with Gasteiger partial charge < -0.3 is 5.32 Å². The van der Waals surface area contributed by atoms with Crippen LogP contribution in [-0.2, 0) is 16.8 Å². The number of nitrogens with one attached hydrogen (secondary N) is 1. The number of rotatable bonds is 4.